The van der Waals surface area contributed by atoms with E-state index in [9.17, 15) is 4.79 Å². The lowest BCUT2D eigenvalue weighted by Crippen LogP contribution is -2.56. The molecule has 1 amide bonds. The Balaban J connectivity index is 1.75. The molecule has 2 aromatic rings. The SMILES string of the molecule is O=C(OCC(Cl)(Cl)Cl)N1CCN(c2ccc(Cl)cc2)C(Cc2ccccc2)C1. The van der Waals surface area contributed by atoms with Crippen LogP contribution in [0, 0.1) is 0 Å². The Bertz CT molecular complexity index is 781. The van der Waals surface area contributed by atoms with Gasteiger partial charge >= 0.3 is 6.09 Å². The Morgan fingerprint density at radius 2 is 1.71 bits per heavy atom. The van der Waals surface area contributed by atoms with Gasteiger partial charge in [0, 0.05) is 30.3 Å². The van der Waals surface area contributed by atoms with E-state index < -0.39 is 9.89 Å². The molecule has 1 aliphatic rings. The average Bonchev–Trinajstić information content (AvgIpc) is 2.67. The van der Waals surface area contributed by atoms with Crippen molar-refractivity contribution in [1.82, 2.24) is 4.90 Å². The summed E-state index contributed by atoms with van der Waals surface area (Å²) in [4.78, 5) is 16.4. The van der Waals surface area contributed by atoms with Crippen molar-refractivity contribution >= 4 is 58.2 Å². The van der Waals surface area contributed by atoms with Crippen molar-refractivity contribution < 1.29 is 9.53 Å². The molecule has 150 valence electrons. The first-order valence-electron chi connectivity index (χ1n) is 8.86. The zero-order valence-corrected chi connectivity index (χ0v) is 18.1. The lowest BCUT2D eigenvalue weighted by Gasteiger charge is -2.42. The Hall–Kier alpha value is -1.33. The zero-order valence-electron chi connectivity index (χ0n) is 15.0. The van der Waals surface area contributed by atoms with E-state index in [0.717, 1.165) is 12.1 Å². The molecular weight excluding hydrogens is 442 g/mol. The number of halogens is 4. The quantitative estimate of drug-likeness (QED) is 0.557. The number of hydrogen-bond donors (Lipinski definition) is 0. The number of benzene rings is 2. The van der Waals surface area contributed by atoms with Gasteiger partial charge in [0.25, 0.3) is 0 Å². The molecule has 1 saturated heterocycles. The summed E-state index contributed by atoms with van der Waals surface area (Å²) < 4.78 is 3.54. The smallest absolute Gasteiger partial charge is 0.410 e. The summed E-state index contributed by atoms with van der Waals surface area (Å²) in [7, 11) is 0. The van der Waals surface area contributed by atoms with E-state index in [1.807, 2.05) is 42.5 Å². The van der Waals surface area contributed by atoms with Gasteiger partial charge in [-0.15, -0.1) is 0 Å². The maximum Gasteiger partial charge on any atom is 0.410 e. The summed E-state index contributed by atoms with van der Waals surface area (Å²) in [5, 5.41) is 0.692. The topological polar surface area (TPSA) is 32.8 Å². The third-order valence-electron chi connectivity index (χ3n) is 4.57. The summed E-state index contributed by atoms with van der Waals surface area (Å²) in [5.41, 5.74) is 2.27. The highest BCUT2D eigenvalue weighted by atomic mass is 35.6. The van der Waals surface area contributed by atoms with Gasteiger partial charge in [-0.1, -0.05) is 76.7 Å². The van der Waals surface area contributed by atoms with Crippen molar-refractivity contribution in [3.8, 4) is 0 Å². The minimum absolute atomic E-state index is 0.0811. The molecule has 8 heteroatoms. The first-order valence-corrected chi connectivity index (χ1v) is 10.4. The third-order valence-corrected chi connectivity index (χ3v) is 5.15. The monoisotopic (exact) mass is 460 g/mol. The van der Waals surface area contributed by atoms with Crippen LogP contribution in [-0.2, 0) is 11.2 Å². The highest BCUT2D eigenvalue weighted by Gasteiger charge is 2.32. The number of amides is 1. The maximum atomic E-state index is 12.4. The molecule has 28 heavy (non-hydrogen) atoms. The molecule has 1 aliphatic heterocycles. The van der Waals surface area contributed by atoms with Crippen molar-refractivity contribution in [2.45, 2.75) is 16.3 Å². The first kappa shape index (κ1) is 21.4. The molecule has 0 saturated carbocycles. The Labute approximate surface area is 184 Å². The fourth-order valence-corrected chi connectivity index (χ4v) is 3.58. The molecule has 0 spiro atoms. The first-order chi connectivity index (χ1) is 13.3. The van der Waals surface area contributed by atoms with Crippen LogP contribution in [0.15, 0.2) is 54.6 Å². The van der Waals surface area contributed by atoms with Crippen LogP contribution in [-0.4, -0.2) is 47.1 Å². The molecule has 1 atom stereocenters. The fourth-order valence-electron chi connectivity index (χ4n) is 3.29. The predicted octanol–water partition coefficient (Wildman–Crippen LogP) is 5.58. The number of hydrogen-bond acceptors (Lipinski definition) is 3. The minimum Gasteiger partial charge on any atom is -0.445 e. The van der Waals surface area contributed by atoms with Gasteiger partial charge in [-0.05, 0) is 36.2 Å². The normalized spacial score (nSPS) is 17.5. The Morgan fingerprint density at radius 1 is 1.04 bits per heavy atom. The minimum atomic E-state index is -1.62. The number of anilines is 1. The van der Waals surface area contributed by atoms with Gasteiger partial charge in [0.05, 0.1) is 6.04 Å². The van der Waals surface area contributed by atoms with Gasteiger partial charge in [-0.2, -0.15) is 0 Å². The molecule has 1 unspecified atom stereocenters. The van der Waals surface area contributed by atoms with E-state index in [0.29, 0.717) is 24.7 Å². The summed E-state index contributed by atoms with van der Waals surface area (Å²) in [5.74, 6) is 0. The number of alkyl halides is 3. The summed E-state index contributed by atoms with van der Waals surface area (Å²) in [6.07, 6.45) is 0.317. The number of piperazine rings is 1. The number of ether oxygens (including phenoxy) is 1. The zero-order chi connectivity index (χ0) is 20.1. The number of carbonyl (C=O) groups is 1. The molecule has 0 N–H and O–H groups in total. The lowest BCUT2D eigenvalue weighted by atomic mass is 10.0. The predicted molar refractivity (Wildman–Crippen MR) is 116 cm³/mol. The molecular formula is C20H20Cl4N2O2. The van der Waals surface area contributed by atoms with Crippen LogP contribution < -0.4 is 4.90 Å². The second-order valence-corrected chi connectivity index (χ2v) is 9.58. The molecule has 2 aromatic carbocycles. The molecule has 1 heterocycles. The molecule has 0 aromatic heterocycles. The van der Waals surface area contributed by atoms with Crippen molar-refractivity contribution in [3.63, 3.8) is 0 Å². The Morgan fingerprint density at radius 3 is 2.36 bits per heavy atom. The van der Waals surface area contributed by atoms with E-state index in [1.165, 1.54) is 5.56 Å². The van der Waals surface area contributed by atoms with E-state index >= 15 is 0 Å². The van der Waals surface area contributed by atoms with Gasteiger partial charge in [0.15, 0.2) is 0 Å². The van der Waals surface area contributed by atoms with Crippen LogP contribution in [0.5, 0.6) is 0 Å². The second-order valence-electron chi connectivity index (χ2n) is 6.63. The molecule has 0 aliphatic carbocycles. The van der Waals surface area contributed by atoms with Crippen LogP contribution in [0.2, 0.25) is 5.02 Å². The highest BCUT2D eigenvalue weighted by molar-refractivity contribution is 6.67. The van der Waals surface area contributed by atoms with Crippen LogP contribution in [0.1, 0.15) is 5.56 Å². The standard InChI is InChI=1S/C20H20Cl4N2O2/c21-16-6-8-17(9-7-16)26-11-10-25(19(27)28-14-20(22,23)24)13-18(26)12-15-4-2-1-3-5-15/h1-9,18H,10-14H2. The second kappa shape index (κ2) is 9.45. The number of rotatable bonds is 4. The van der Waals surface area contributed by atoms with Crippen LogP contribution in [0.3, 0.4) is 0 Å². The largest absolute Gasteiger partial charge is 0.445 e. The van der Waals surface area contributed by atoms with Gasteiger partial charge in [0.1, 0.15) is 6.61 Å². The van der Waals surface area contributed by atoms with E-state index in [2.05, 4.69) is 17.0 Å². The van der Waals surface area contributed by atoms with Crippen molar-refractivity contribution in [2.75, 3.05) is 31.1 Å². The van der Waals surface area contributed by atoms with E-state index in [4.69, 9.17) is 51.1 Å². The van der Waals surface area contributed by atoms with Crippen molar-refractivity contribution in [1.29, 1.82) is 0 Å². The van der Waals surface area contributed by atoms with Gasteiger partial charge in [-0.3, -0.25) is 0 Å². The van der Waals surface area contributed by atoms with Crippen molar-refractivity contribution in [3.05, 3.63) is 65.2 Å². The van der Waals surface area contributed by atoms with Crippen LogP contribution in [0.4, 0.5) is 10.5 Å². The number of nitrogens with zero attached hydrogens (tertiary/aromatic N) is 2. The third kappa shape index (κ3) is 6.08. The van der Waals surface area contributed by atoms with E-state index in [-0.39, 0.29) is 12.6 Å². The number of carbonyl (C=O) groups excluding carboxylic acids is 1. The van der Waals surface area contributed by atoms with E-state index in [1.54, 1.807) is 4.90 Å². The van der Waals surface area contributed by atoms with Crippen molar-refractivity contribution in [2.24, 2.45) is 0 Å². The van der Waals surface area contributed by atoms with Crippen LogP contribution >= 0.6 is 46.4 Å². The van der Waals surface area contributed by atoms with Crippen LogP contribution in [0.25, 0.3) is 0 Å². The fraction of sp³-hybridized carbons (Fsp3) is 0.350. The van der Waals surface area contributed by atoms with Gasteiger partial charge in [0.2, 0.25) is 3.79 Å². The van der Waals surface area contributed by atoms with Gasteiger partial charge < -0.3 is 14.5 Å². The Kier molecular flexibility index (Phi) is 7.21. The summed E-state index contributed by atoms with van der Waals surface area (Å²) in [6.45, 7) is 1.42. The molecule has 0 bridgehead atoms. The lowest BCUT2D eigenvalue weighted by molar-refractivity contribution is 0.0962. The summed E-state index contributed by atoms with van der Waals surface area (Å²) in [6, 6.07) is 18.0. The highest BCUT2D eigenvalue weighted by Crippen LogP contribution is 2.27. The molecule has 4 nitrogen and oxygen atoms in total. The maximum absolute atomic E-state index is 12.4. The average molecular weight is 462 g/mol. The molecule has 3 rings (SSSR count). The molecule has 1 fully saturated rings. The summed E-state index contributed by atoms with van der Waals surface area (Å²) >= 11 is 23.1. The molecule has 0 radical (unpaired) electrons. The van der Waals surface area contributed by atoms with Gasteiger partial charge in [-0.25, -0.2) is 4.79 Å².